The normalized spacial score (nSPS) is 14.3. The van der Waals surface area contributed by atoms with Crippen molar-refractivity contribution in [3.05, 3.63) is 60.8 Å². The Hall–Kier alpha value is -1.96. The molecule has 0 aliphatic heterocycles. The Morgan fingerprint density at radius 2 is 1.12 bits per heavy atom. The zero-order chi connectivity index (χ0) is 31.2. The van der Waals surface area contributed by atoms with Crippen LogP contribution < -0.4 is 5.32 Å². The van der Waals surface area contributed by atoms with Crippen molar-refractivity contribution >= 4 is 16.0 Å². The van der Waals surface area contributed by atoms with Gasteiger partial charge < -0.3 is 10.4 Å². The Morgan fingerprint density at radius 1 is 0.643 bits per heavy atom. The maximum absolute atomic E-state index is 12.4. The number of amides is 1. The van der Waals surface area contributed by atoms with Crippen LogP contribution in [0.3, 0.4) is 0 Å². The molecule has 0 saturated carbocycles. The molecule has 0 rings (SSSR count). The summed E-state index contributed by atoms with van der Waals surface area (Å²) in [4.78, 5) is 12.4. The first-order valence-electron chi connectivity index (χ1n) is 16.5. The van der Waals surface area contributed by atoms with Gasteiger partial charge in [-0.25, -0.2) is 0 Å². The smallest absolute Gasteiger partial charge is 0.267 e. The number of unbranched alkanes of at least 4 members (excludes halogenated alkanes) is 12. The van der Waals surface area contributed by atoms with Crippen molar-refractivity contribution < 1.29 is 22.9 Å². The molecule has 0 aromatic heterocycles. The van der Waals surface area contributed by atoms with E-state index >= 15 is 0 Å². The van der Waals surface area contributed by atoms with E-state index in [1.807, 2.05) is 0 Å². The fraction of sp³-hybridized carbons (Fsp3) is 0.686. The van der Waals surface area contributed by atoms with Crippen LogP contribution in [0.25, 0.3) is 0 Å². The quantitative estimate of drug-likeness (QED) is 0.0468. The summed E-state index contributed by atoms with van der Waals surface area (Å²) < 4.78 is 32.2. The zero-order valence-corrected chi connectivity index (χ0v) is 27.4. The lowest BCUT2D eigenvalue weighted by Gasteiger charge is -2.21. The van der Waals surface area contributed by atoms with Crippen molar-refractivity contribution in [2.45, 2.75) is 148 Å². The number of aliphatic hydroxyl groups excluding tert-OH is 1. The number of aliphatic hydroxyl groups is 1. The van der Waals surface area contributed by atoms with E-state index < -0.39 is 28.0 Å². The summed E-state index contributed by atoms with van der Waals surface area (Å²) in [5.41, 5.74) is 0. The molecule has 0 bridgehead atoms. The van der Waals surface area contributed by atoms with Crippen LogP contribution in [-0.2, 0) is 14.9 Å². The molecule has 42 heavy (non-hydrogen) atoms. The van der Waals surface area contributed by atoms with Crippen molar-refractivity contribution in [1.82, 2.24) is 5.32 Å². The number of carbonyl (C=O) groups excluding carboxylic acids is 1. The summed E-state index contributed by atoms with van der Waals surface area (Å²) in [5, 5.41) is 13.1. The van der Waals surface area contributed by atoms with Gasteiger partial charge in [0.05, 0.1) is 17.9 Å². The third-order valence-corrected chi connectivity index (χ3v) is 7.67. The van der Waals surface area contributed by atoms with Crippen LogP contribution >= 0.6 is 0 Å². The summed E-state index contributed by atoms with van der Waals surface area (Å²) >= 11 is 0. The molecule has 0 aromatic rings. The van der Waals surface area contributed by atoms with Gasteiger partial charge in [-0.15, -0.1) is 0 Å². The number of allylic oxidation sites excluding steroid dienone is 9. The van der Waals surface area contributed by atoms with E-state index in [9.17, 15) is 22.9 Å². The number of hydrogen-bond donors (Lipinski definition) is 3. The second-order valence-electron chi connectivity index (χ2n) is 11.1. The highest BCUT2D eigenvalue weighted by atomic mass is 32.2. The summed E-state index contributed by atoms with van der Waals surface area (Å²) in [5.74, 6) is -1.04. The molecule has 0 aromatic carbocycles. The van der Waals surface area contributed by atoms with E-state index in [4.69, 9.17) is 0 Å². The molecule has 2 atom stereocenters. The van der Waals surface area contributed by atoms with Crippen LogP contribution in [0.1, 0.15) is 136 Å². The van der Waals surface area contributed by atoms with Gasteiger partial charge in [-0.05, 0) is 70.6 Å². The Kier molecular flexibility index (Phi) is 27.8. The van der Waals surface area contributed by atoms with E-state index in [-0.39, 0.29) is 12.3 Å². The lowest BCUT2D eigenvalue weighted by molar-refractivity contribution is -0.122. The number of hydrogen-bond acceptors (Lipinski definition) is 4. The minimum absolute atomic E-state index is 0.265. The van der Waals surface area contributed by atoms with Crippen LogP contribution in [0, 0.1) is 0 Å². The number of nitrogens with one attached hydrogen (secondary N) is 1. The van der Waals surface area contributed by atoms with E-state index in [1.165, 1.54) is 44.6 Å². The molecule has 0 fully saturated rings. The van der Waals surface area contributed by atoms with Gasteiger partial charge in [-0.2, -0.15) is 8.42 Å². The standard InChI is InChI=1S/C35H61NO5S/c1-3-5-7-9-11-13-15-17-18-19-21-23-25-27-29-31-35(38)36-33(32-42(39,40)41)34(37)30-28-26-24-22-20-16-14-12-10-8-6-4-2/h10-13,17-18,20,22,28,30,33-34,37H,3-9,14-16,19,21,23-27,29,31-32H2,1-2H3,(H,36,38)(H,39,40,41)/b12-10+,13-11-,18-17-,22-20+,30-28+. The summed E-state index contributed by atoms with van der Waals surface area (Å²) in [6.07, 6.45) is 39.1. The van der Waals surface area contributed by atoms with Crippen molar-refractivity contribution in [2.24, 2.45) is 0 Å². The third-order valence-electron chi connectivity index (χ3n) is 6.89. The van der Waals surface area contributed by atoms with Gasteiger partial charge in [-0.1, -0.05) is 120 Å². The van der Waals surface area contributed by atoms with E-state index in [2.05, 4.69) is 67.8 Å². The SMILES string of the molecule is CCCC/C=C/CC/C=C/CC/C=C/C(O)C(CS(=O)(=O)O)NC(=O)CCCCCCC/C=C\C/C=C\CCCCC. The van der Waals surface area contributed by atoms with E-state index in [0.717, 1.165) is 64.2 Å². The molecule has 0 radical (unpaired) electrons. The molecule has 7 heteroatoms. The zero-order valence-electron chi connectivity index (χ0n) is 26.6. The van der Waals surface area contributed by atoms with Crippen molar-refractivity contribution in [2.75, 3.05) is 5.75 Å². The highest BCUT2D eigenvalue weighted by Gasteiger charge is 2.24. The lowest BCUT2D eigenvalue weighted by Crippen LogP contribution is -2.46. The molecule has 0 aliphatic rings. The van der Waals surface area contributed by atoms with Crippen LogP contribution in [-0.4, -0.2) is 41.9 Å². The topological polar surface area (TPSA) is 104 Å². The first kappa shape index (κ1) is 40.0. The fourth-order valence-electron chi connectivity index (χ4n) is 4.38. The summed E-state index contributed by atoms with van der Waals surface area (Å²) in [6.45, 7) is 4.41. The van der Waals surface area contributed by atoms with Gasteiger partial charge in [0.25, 0.3) is 10.1 Å². The molecule has 0 aliphatic carbocycles. The van der Waals surface area contributed by atoms with Gasteiger partial charge in [0.15, 0.2) is 0 Å². The Balaban J connectivity index is 4.16. The number of rotatable bonds is 28. The first-order chi connectivity index (χ1) is 20.3. The van der Waals surface area contributed by atoms with Crippen molar-refractivity contribution in [3.63, 3.8) is 0 Å². The van der Waals surface area contributed by atoms with Crippen LogP contribution in [0.5, 0.6) is 0 Å². The Morgan fingerprint density at radius 3 is 1.71 bits per heavy atom. The largest absolute Gasteiger partial charge is 0.387 e. The molecule has 242 valence electrons. The van der Waals surface area contributed by atoms with E-state index in [0.29, 0.717) is 12.8 Å². The van der Waals surface area contributed by atoms with Gasteiger partial charge in [-0.3, -0.25) is 9.35 Å². The molecule has 3 N–H and O–H groups in total. The van der Waals surface area contributed by atoms with Crippen molar-refractivity contribution in [1.29, 1.82) is 0 Å². The molecule has 2 unspecified atom stereocenters. The molecule has 0 heterocycles. The molecule has 1 amide bonds. The highest BCUT2D eigenvalue weighted by Crippen LogP contribution is 2.10. The lowest BCUT2D eigenvalue weighted by atomic mass is 10.1. The average Bonchev–Trinajstić information content (AvgIpc) is 2.94. The second-order valence-corrected chi connectivity index (χ2v) is 12.6. The molecule has 6 nitrogen and oxygen atoms in total. The maximum Gasteiger partial charge on any atom is 0.267 e. The highest BCUT2D eigenvalue weighted by molar-refractivity contribution is 7.85. The molecule has 0 spiro atoms. The summed E-state index contributed by atoms with van der Waals surface area (Å²) in [6, 6.07) is -1.09. The Bertz CT molecular complexity index is 889. The second kappa shape index (κ2) is 29.1. The van der Waals surface area contributed by atoms with Crippen LogP contribution in [0.2, 0.25) is 0 Å². The predicted octanol–water partition coefficient (Wildman–Crippen LogP) is 8.95. The predicted molar refractivity (Wildman–Crippen MR) is 179 cm³/mol. The maximum atomic E-state index is 12.4. The number of carbonyl (C=O) groups is 1. The van der Waals surface area contributed by atoms with E-state index in [1.54, 1.807) is 6.08 Å². The monoisotopic (exact) mass is 607 g/mol. The summed E-state index contributed by atoms with van der Waals surface area (Å²) in [7, 11) is -4.36. The molecular weight excluding hydrogens is 546 g/mol. The first-order valence-corrected chi connectivity index (χ1v) is 18.1. The average molecular weight is 608 g/mol. The van der Waals surface area contributed by atoms with Crippen molar-refractivity contribution in [3.8, 4) is 0 Å². The molecular formula is C35H61NO5S. The Labute approximate surface area is 258 Å². The van der Waals surface area contributed by atoms with Crippen LogP contribution in [0.15, 0.2) is 60.8 Å². The van der Waals surface area contributed by atoms with Gasteiger partial charge in [0, 0.05) is 6.42 Å². The minimum Gasteiger partial charge on any atom is -0.387 e. The van der Waals surface area contributed by atoms with Gasteiger partial charge >= 0.3 is 0 Å². The third kappa shape index (κ3) is 29.5. The minimum atomic E-state index is -4.36. The van der Waals surface area contributed by atoms with Crippen LogP contribution in [0.4, 0.5) is 0 Å². The fourth-order valence-corrected chi connectivity index (χ4v) is 5.11. The van der Waals surface area contributed by atoms with Gasteiger partial charge in [0.2, 0.25) is 5.91 Å². The molecule has 0 saturated heterocycles. The van der Waals surface area contributed by atoms with Gasteiger partial charge in [0.1, 0.15) is 0 Å².